The van der Waals surface area contributed by atoms with Crippen molar-refractivity contribution in [2.75, 3.05) is 0 Å². The van der Waals surface area contributed by atoms with Gasteiger partial charge in [0.25, 0.3) is 0 Å². The van der Waals surface area contributed by atoms with E-state index >= 15 is 0 Å². The largest absolute Gasteiger partial charge is 0.478 e. The molecule has 2 aromatic carbocycles. The van der Waals surface area contributed by atoms with E-state index in [0.717, 1.165) is 18.5 Å². The maximum Gasteiger partial charge on any atom is 0.338 e. The number of carbonyl (C=O) groups is 1. The first-order chi connectivity index (χ1) is 10.7. The van der Waals surface area contributed by atoms with Gasteiger partial charge in [0.2, 0.25) is 0 Å². The minimum Gasteiger partial charge on any atom is -0.478 e. The molecule has 0 saturated heterocycles. The van der Waals surface area contributed by atoms with E-state index in [0.29, 0.717) is 0 Å². The van der Waals surface area contributed by atoms with Crippen molar-refractivity contribution < 1.29 is 9.90 Å². The van der Waals surface area contributed by atoms with Gasteiger partial charge in [-0.05, 0) is 36.1 Å². The van der Waals surface area contributed by atoms with Crippen molar-refractivity contribution in [2.24, 2.45) is 0 Å². The fraction of sp³-hybridized carbons (Fsp3) is 0.111. The van der Waals surface area contributed by atoms with Gasteiger partial charge in [-0.1, -0.05) is 42.5 Å². The van der Waals surface area contributed by atoms with Crippen LogP contribution in [0.3, 0.4) is 0 Å². The Morgan fingerprint density at radius 2 is 1.59 bits per heavy atom. The van der Waals surface area contributed by atoms with E-state index in [2.05, 4.69) is 41.5 Å². The Kier molecular flexibility index (Phi) is 4.01. The molecule has 1 heterocycles. The first-order valence-corrected chi connectivity index (χ1v) is 7.13. The average molecular weight is 292 g/mol. The van der Waals surface area contributed by atoms with Crippen LogP contribution in [0.2, 0.25) is 0 Å². The molecule has 0 fully saturated rings. The number of carboxylic acids is 1. The lowest BCUT2D eigenvalue weighted by molar-refractivity contribution is 0.0697. The number of hydrogen-bond acceptors (Lipinski definition) is 2. The Bertz CT molecular complexity index is 761. The lowest BCUT2D eigenvalue weighted by Crippen LogP contribution is -1.97. The summed E-state index contributed by atoms with van der Waals surface area (Å²) in [6.07, 6.45) is 4.85. The molecule has 0 unspecified atom stereocenters. The number of benzene rings is 2. The molecule has 0 aliphatic rings. The number of hydrogen-bond donors (Lipinski definition) is 1. The highest BCUT2D eigenvalue weighted by Gasteiger charge is 2.07. The van der Waals surface area contributed by atoms with Crippen LogP contribution < -0.4 is 0 Å². The maximum atomic E-state index is 10.9. The normalized spacial score (nSPS) is 10.5. The molecule has 1 N–H and O–H groups in total. The quantitative estimate of drug-likeness (QED) is 0.784. The van der Waals surface area contributed by atoms with Crippen molar-refractivity contribution in [3.05, 3.63) is 83.7 Å². The van der Waals surface area contributed by atoms with Crippen molar-refractivity contribution >= 4 is 5.97 Å². The molecule has 22 heavy (non-hydrogen) atoms. The second kappa shape index (κ2) is 6.26. The number of carboxylic acid groups (broad SMARTS) is 1. The third-order valence-electron chi connectivity index (χ3n) is 3.58. The summed E-state index contributed by atoms with van der Waals surface area (Å²) in [4.78, 5) is 10.9. The van der Waals surface area contributed by atoms with Gasteiger partial charge in [0, 0.05) is 6.20 Å². The van der Waals surface area contributed by atoms with Crippen molar-refractivity contribution in [1.82, 2.24) is 9.78 Å². The zero-order valence-corrected chi connectivity index (χ0v) is 12.0. The molecule has 0 saturated carbocycles. The predicted molar refractivity (Wildman–Crippen MR) is 84.4 cm³/mol. The van der Waals surface area contributed by atoms with E-state index in [1.807, 2.05) is 18.2 Å². The maximum absolute atomic E-state index is 10.9. The highest BCUT2D eigenvalue weighted by atomic mass is 16.4. The monoisotopic (exact) mass is 292 g/mol. The highest BCUT2D eigenvalue weighted by Crippen LogP contribution is 2.12. The van der Waals surface area contributed by atoms with Gasteiger partial charge in [-0.2, -0.15) is 5.10 Å². The molecule has 0 aliphatic heterocycles. The summed E-state index contributed by atoms with van der Waals surface area (Å²) in [5.41, 5.74) is 3.62. The molecular weight excluding hydrogens is 276 g/mol. The topological polar surface area (TPSA) is 55.1 Å². The lowest BCUT2D eigenvalue weighted by atomic mass is 10.0. The van der Waals surface area contributed by atoms with Gasteiger partial charge in [0.05, 0.1) is 17.4 Å². The van der Waals surface area contributed by atoms with Crippen LogP contribution in [0, 0.1) is 0 Å². The molecule has 0 spiro atoms. The average Bonchev–Trinajstić information content (AvgIpc) is 3.05. The summed E-state index contributed by atoms with van der Waals surface area (Å²) in [5, 5.41) is 13.0. The van der Waals surface area contributed by atoms with Crippen molar-refractivity contribution in [2.45, 2.75) is 12.8 Å². The van der Waals surface area contributed by atoms with E-state index in [9.17, 15) is 4.79 Å². The molecular formula is C18H16N2O2. The van der Waals surface area contributed by atoms with E-state index in [1.165, 1.54) is 23.5 Å². The SMILES string of the molecule is O=C(O)c1cnn(-c2ccc(CCc3ccccc3)cc2)c1. The molecule has 3 aromatic rings. The van der Waals surface area contributed by atoms with Gasteiger partial charge in [0.1, 0.15) is 0 Å². The van der Waals surface area contributed by atoms with Gasteiger partial charge in [0.15, 0.2) is 0 Å². The van der Waals surface area contributed by atoms with Crippen LogP contribution in [-0.2, 0) is 12.8 Å². The molecule has 0 aliphatic carbocycles. The lowest BCUT2D eigenvalue weighted by Gasteiger charge is -2.05. The highest BCUT2D eigenvalue weighted by molar-refractivity contribution is 5.86. The Morgan fingerprint density at radius 1 is 0.955 bits per heavy atom. The number of nitrogens with zero attached hydrogens (tertiary/aromatic N) is 2. The van der Waals surface area contributed by atoms with Crippen molar-refractivity contribution in [1.29, 1.82) is 0 Å². The first-order valence-electron chi connectivity index (χ1n) is 7.13. The fourth-order valence-electron chi connectivity index (χ4n) is 2.32. The van der Waals surface area contributed by atoms with Gasteiger partial charge in [-0.25, -0.2) is 9.48 Å². The smallest absolute Gasteiger partial charge is 0.338 e. The molecule has 0 radical (unpaired) electrons. The van der Waals surface area contributed by atoms with Crippen LogP contribution in [0.1, 0.15) is 21.5 Å². The number of aromatic carboxylic acids is 1. The van der Waals surface area contributed by atoms with E-state index in [4.69, 9.17) is 5.11 Å². The van der Waals surface area contributed by atoms with Crippen molar-refractivity contribution in [3.63, 3.8) is 0 Å². The zero-order chi connectivity index (χ0) is 15.4. The van der Waals surface area contributed by atoms with E-state index in [1.54, 1.807) is 4.68 Å². The molecule has 0 amide bonds. The molecule has 4 nitrogen and oxygen atoms in total. The van der Waals surface area contributed by atoms with Gasteiger partial charge >= 0.3 is 5.97 Å². The minimum atomic E-state index is -0.967. The summed E-state index contributed by atoms with van der Waals surface area (Å²) in [5.74, 6) is -0.967. The van der Waals surface area contributed by atoms with Crippen LogP contribution >= 0.6 is 0 Å². The number of aromatic nitrogens is 2. The summed E-state index contributed by atoms with van der Waals surface area (Å²) in [7, 11) is 0. The summed E-state index contributed by atoms with van der Waals surface area (Å²) >= 11 is 0. The first kappa shape index (κ1) is 14.1. The summed E-state index contributed by atoms with van der Waals surface area (Å²) in [6, 6.07) is 18.4. The minimum absolute atomic E-state index is 0.188. The summed E-state index contributed by atoms with van der Waals surface area (Å²) < 4.78 is 1.57. The standard InChI is InChI=1S/C18H16N2O2/c21-18(22)16-12-19-20(13-16)17-10-8-15(9-11-17)7-6-14-4-2-1-3-5-14/h1-5,8-13H,6-7H2,(H,21,22). The molecule has 0 bridgehead atoms. The van der Waals surface area contributed by atoms with E-state index < -0.39 is 5.97 Å². The molecule has 110 valence electrons. The van der Waals surface area contributed by atoms with Crippen LogP contribution in [0.15, 0.2) is 67.0 Å². The number of aryl methyl sites for hydroxylation is 2. The van der Waals surface area contributed by atoms with Gasteiger partial charge in [-0.15, -0.1) is 0 Å². The third-order valence-corrected chi connectivity index (χ3v) is 3.58. The van der Waals surface area contributed by atoms with Crippen LogP contribution in [0.5, 0.6) is 0 Å². The third kappa shape index (κ3) is 3.23. The van der Waals surface area contributed by atoms with Crippen LogP contribution in [-0.4, -0.2) is 20.9 Å². The van der Waals surface area contributed by atoms with Crippen LogP contribution in [0.4, 0.5) is 0 Å². The molecule has 1 aromatic heterocycles. The van der Waals surface area contributed by atoms with Gasteiger partial charge < -0.3 is 5.11 Å². The van der Waals surface area contributed by atoms with Gasteiger partial charge in [-0.3, -0.25) is 0 Å². The Hall–Kier alpha value is -2.88. The second-order valence-electron chi connectivity index (χ2n) is 5.13. The Labute approximate surface area is 128 Å². The second-order valence-corrected chi connectivity index (χ2v) is 5.13. The fourth-order valence-corrected chi connectivity index (χ4v) is 2.32. The van der Waals surface area contributed by atoms with Crippen molar-refractivity contribution in [3.8, 4) is 5.69 Å². The zero-order valence-electron chi connectivity index (χ0n) is 12.0. The van der Waals surface area contributed by atoms with E-state index in [-0.39, 0.29) is 5.56 Å². The predicted octanol–water partition coefficient (Wildman–Crippen LogP) is 3.36. The molecule has 4 heteroatoms. The van der Waals surface area contributed by atoms with Crippen LogP contribution in [0.25, 0.3) is 5.69 Å². The summed E-state index contributed by atoms with van der Waals surface area (Å²) in [6.45, 7) is 0. The Morgan fingerprint density at radius 3 is 2.18 bits per heavy atom. The molecule has 3 rings (SSSR count). The molecule has 0 atom stereocenters. The number of rotatable bonds is 5. The Balaban J connectivity index is 1.68.